The molecule has 2 aliphatic heterocycles. The Morgan fingerprint density at radius 3 is 2.36 bits per heavy atom. The van der Waals surface area contributed by atoms with E-state index in [0.29, 0.717) is 54.0 Å². The third-order valence-electron chi connectivity index (χ3n) is 9.44. The number of nitrogens with zero attached hydrogens (tertiary/aromatic N) is 2. The Morgan fingerprint density at radius 2 is 1.76 bits per heavy atom. The average molecular weight is 770 g/mol. The zero-order chi connectivity index (χ0) is 40.6. The van der Waals surface area contributed by atoms with Crippen molar-refractivity contribution in [3.63, 3.8) is 0 Å². The van der Waals surface area contributed by atoms with Crippen molar-refractivity contribution in [2.45, 2.75) is 75.2 Å². The number of alkyl halides is 3. The van der Waals surface area contributed by atoms with E-state index in [1.54, 1.807) is 63.4 Å². The number of fused-ring (bicyclic) bond motifs is 1. The standard InChI is InChI=1S/C36H41N5O7.C2HF3O2/c1-24(2)48-33(46)36(35(23-43,40-36)16-18-42)34(3,26-11-5-4-6-12-26)22-41-28-15-14-25(20-27(28)32(45)39-21-30(41)44)10-7-8-19-47-29-13-9-17-38-31(29)37;3-2(4,5)1(6)7/h4-6,9,11-15,17-18,20,23-24,40H,7-8,10,16,19,21-22H2,1-3H3,(H2,37,38)(H,39,45);(H,6,7)/t34?,35?,36-;/m1./s1. The number of unbranched alkanes of at least 4 members (excludes halogenated alkanes) is 1. The van der Waals surface area contributed by atoms with Crippen LogP contribution >= 0.6 is 0 Å². The van der Waals surface area contributed by atoms with Crippen LogP contribution in [-0.4, -0.2) is 89.5 Å². The molecule has 0 radical (unpaired) electrons. The number of esters is 1. The lowest BCUT2D eigenvalue weighted by Crippen LogP contribution is -2.59. The normalized spacial score (nSPS) is 20.1. The third-order valence-corrected chi connectivity index (χ3v) is 9.44. The van der Waals surface area contributed by atoms with Gasteiger partial charge in [0.25, 0.3) is 5.91 Å². The number of carboxylic acid groups (broad SMARTS) is 1. The summed E-state index contributed by atoms with van der Waals surface area (Å²) in [4.78, 5) is 80.1. The van der Waals surface area contributed by atoms with Gasteiger partial charge in [0.15, 0.2) is 17.1 Å². The van der Waals surface area contributed by atoms with Crippen molar-refractivity contribution in [1.29, 1.82) is 0 Å². The van der Waals surface area contributed by atoms with Gasteiger partial charge in [0.1, 0.15) is 18.1 Å². The average Bonchev–Trinajstić information content (AvgIpc) is 3.85. The van der Waals surface area contributed by atoms with Crippen LogP contribution in [-0.2, 0) is 40.5 Å². The number of carbonyl (C=O) groups is 6. The van der Waals surface area contributed by atoms with Gasteiger partial charge in [-0.2, -0.15) is 13.2 Å². The minimum atomic E-state index is -5.08. The molecule has 2 aliphatic rings. The minimum absolute atomic E-state index is 0.111. The smallest absolute Gasteiger partial charge is 0.490 e. The molecule has 1 aromatic heterocycles. The Balaban J connectivity index is 0.000000876. The molecule has 2 unspecified atom stereocenters. The van der Waals surface area contributed by atoms with Crippen molar-refractivity contribution in [2.24, 2.45) is 0 Å². The number of anilines is 2. The number of halogens is 3. The third kappa shape index (κ3) is 8.94. The van der Waals surface area contributed by atoms with E-state index in [9.17, 15) is 37.1 Å². The number of hydrogen-bond acceptors (Lipinski definition) is 11. The fourth-order valence-corrected chi connectivity index (χ4v) is 6.69. The summed E-state index contributed by atoms with van der Waals surface area (Å²) in [6.45, 7) is 5.23. The van der Waals surface area contributed by atoms with Gasteiger partial charge in [0.2, 0.25) is 5.91 Å². The summed E-state index contributed by atoms with van der Waals surface area (Å²) >= 11 is 0. The van der Waals surface area contributed by atoms with Gasteiger partial charge in [0, 0.05) is 24.6 Å². The second kappa shape index (κ2) is 17.1. The molecule has 0 aliphatic carbocycles. The van der Waals surface area contributed by atoms with E-state index in [4.69, 9.17) is 25.1 Å². The molecule has 55 heavy (non-hydrogen) atoms. The van der Waals surface area contributed by atoms with E-state index in [2.05, 4.69) is 15.6 Å². The van der Waals surface area contributed by atoms with Crippen LogP contribution < -0.4 is 26.0 Å². The Kier molecular flexibility index (Phi) is 13.0. The summed E-state index contributed by atoms with van der Waals surface area (Å²) in [6, 6.07) is 17.9. The molecule has 5 rings (SSSR count). The van der Waals surface area contributed by atoms with Gasteiger partial charge >= 0.3 is 18.1 Å². The van der Waals surface area contributed by atoms with Gasteiger partial charge in [-0.1, -0.05) is 43.3 Å². The Hall–Kier alpha value is -5.84. The van der Waals surface area contributed by atoms with E-state index < -0.39 is 52.5 Å². The lowest BCUT2D eigenvalue weighted by molar-refractivity contribution is -0.192. The Labute approximate surface area is 314 Å². The number of aliphatic carboxylic acids is 1. The number of nitrogens with two attached hydrogens (primary N) is 1. The van der Waals surface area contributed by atoms with Crippen LogP contribution in [0.2, 0.25) is 0 Å². The number of rotatable bonds is 15. The lowest BCUT2D eigenvalue weighted by Gasteiger charge is -2.41. The molecule has 3 atom stereocenters. The van der Waals surface area contributed by atoms with Crippen molar-refractivity contribution < 1.29 is 56.5 Å². The first-order valence-corrected chi connectivity index (χ1v) is 17.3. The largest absolute Gasteiger partial charge is 0.490 e. The lowest BCUT2D eigenvalue weighted by atomic mass is 9.65. The number of amides is 2. The Morgan fingerprint density at radius 1 is 1.07 bits per heavy atom. The first-order valence-electron chi connectivity index (χ1n) is 17.3. The van der Waals surface area contributed by atoms with Crippen molar-refractivity contribution in [1.82, 2.24) is 15.6 Å². The molecule has 5 N–H and O–H groups in total. The number of pyridine rings is 1. The number of hydrogen-bond donors (Lipinski definition) is 4. The van der Waals surface area contributed by atoms with Gasteiger partial charge in [0.05, 0.1) is 30.5 Å². The van der Waals surface area contributed by atoms with Crippen LogP contribution in [0.4, 0.5) is 24.7 Å². The van der Waals surface area contributed by atoms with Crippen LogP contribution in [0.1, 0.15) is 61.5 Å². The summed E-state index contributed by atoms with van der Waals surface area (Å²) in [5.41, 5.74) is 3.50. The molecule has 2 aromatic carbocycles. The predicted molar refractivity (Wildman–Crippen MR) is 192 cm³/mol. The summed E-state index contributed by atoms with van der Waals surface area (Å²) in [6.07, 6.45) is -0.945. The maximum Gasteiger partial charge on any atom is 0.490 e. The van der Waals surface area contributed by atoms with E-state index in [0.717, 1.165) is 18.4 Å². The summed E-state index contributed by atoms with van der Waals surface area (Å²) in [5.74, 6) is -3.40. The molecule has 0 bridgehead atoms. The topological polar surface area (TPSA) is 217 Å². The van der Waals surface area contributed by atoms with Crippen molar-refractivity contribution in [3.8, 4) is 5.75 Å². The van der Waals surface area contributed by atoms with Crippen molar-refractivity contribution >= 4 is 47.8 Å². The van der Waals surface area contributed by atoms with Gasteiger partial charge in [-0.3, -0.25) is 14.9 Å². The highest BCUT2D eigenvalue weighted by atomic mass is 19.4. The number of benzene rings is 2. The number of ether oxygens (including phenoxy) is 2. The number of aldehydes is 2. The second-order valence-electron chi connectivity index (χ2n) is 13.5. The van der Waals surface area contributed by atoms with Gasteiger partial charge in [-0.15, -0.1) is 0 Å². The SMILES string of the molecule is CC(C)OC(=O)[C@]1(C(C)(CN2C(=O)CNC(=O)c3cc(CCCCOc4cccnc4N)ccc32)c2ccccc2)NC1(C=O)CC=O.O=C(O)C(F)(F)F. The summed E-state index contributed by atoms with van der Waals surface area (Å²) in [7, 11) is 0. The molecule has 0 spiro atoms. The van der Waals surface area contributed by atoms with Gasteiger partial charge < -0.3 is 40.1 Å². The van der Waals surface area contributed by atoms with Crippen LogP contribution in [0, 0.1) is 0 Å². The number of nitrogen functional groups attached to an aromatic ring is 1. The molecule has 0 saturated carbocycles. The van der Waals surface area contributed by atoms with Crippen molar-refractivity contribution in [2.75, 3.05) is 30.3 Å². The monoisotopic (exact) mass is 769 g/mol. The number of carboxylic acids is 1. The van der Waals surface area contributed by atoms with E-state index in [1.807, 2.05) is 24.3 Å². The summed E-state index contributed by atoms with van der Waals surface area (Å²) in [5, 5.41) is 12.9. The molecule has 3 heterocycles. The minimum Gasteiger partial charge on any atom is -0.490 e. The van der Waals surface area contributed by atoms with E-state index >= 15 is 0 Å². The number of aromatic nitrogens is 1. The quantitative estimate of drug-likeness (QED) is 0.0756. The number of carbonyl (C=O) groups excluding carboxylic acids is 5. The first kappa shape index (κ1) is 41.9. The van der Waals surface area contributed by atoms with Gasteiger partial charge in [-0.25, -0.2) is 14.6 Å². The van der Waals surface area contributed by atoms with E-state index in [1.165, 1.54) is 4.90 Å². The van der Waals surface area contributed by atoms with E-state index in [-0.39, 0.29) is 19.5 Å². The van der Waals surface area contributed by atoms with Gasteiger partial charge in [-0.05, 0) is 68.5 Å². The maximum atomic E-state index is 14.0. The summed E-state index contributed by atoms with van der Waals surface area (Å²) < 4.78 is 43.2. The molecule has 14 nitrogen and oxygen atoms in total. The second-order valence-corrected chi connectivity index (χ2v) is 13.5. The molecule has 1 saturated heterocycles. The fraction of sp³-hybridized carbons (Fsp3) is 0.395. The van der Waals surface area contributed by atoms with Crippen molar-refractivity contribution in [3.05, 3.63) is 83.6 Å². The number of nitrogens with one attached hydrogen (secondary N) is 2. The highest BCUT2D eigenvalue weighted by Crippen LogP contribution is 2.55. The molecule has 3 aromatic rings. The van der Waals surface area contributed by atoms with Crippen LogP contribution in [0.25, 0.3) is 0 Å². The zero-order valence-corrected chi connectivity index (χ0v) is 30.4. The zero-order valence-electron chi connectivity index (χ0n) is 30.4. The first-order chi connectivity index (χ1) is 26.0. The fourth-order valence-electron chi connectivity index (χ4n) is 6.69. The molecule has 17 heteroatoms. The Bertz CT molecular complexity index is 1910. The van der Waals surface area contributed by atoms with Crippen LogP contribution in [0.15, 0.2) is 66.9 Å². The molecule has 294 valence electrons. The molecule has 2 amide bonds. The highest BCUT2D eigenvalue weighted by molar-refractivity contribution is 6.10. The van der Waals surface area contributed by atoms with Crippen LogP contribution in [0.3, 0.4) is 0 Å². The predicted octanol–water partition coefficient (Wildman–Crippen LogP) is 3.55. The maximum absolute atomic E-state index is 14.0. The molecular formula is C38H42F3N5O9. The highest BCUT2D eigenvalue weighted by Gasteiger charge is 2.80. The molecular weight excluding hydrogens is 727 g/mol. The molecule has 1 fully saturated rings. The number of aryl methyl sites for hydroxylation is 1. The van der Waals surface area contributed by atoms with Crippen LogP contribution in [0.5, 0.6) is 5.75 Å².